The first-order valence-corrected chi connectivity index (χ1v) is 6.91. The van der Waals surface area contributed by atoms with Crippen LogP contribution in [-0.4, -0.2) is 14.8 Å². The van der Waals surface area contributed by atoms with E-state index in [2.05, 4.69) is 25.3 Å². The summed E-state index contributed by atoms with van der Waals surface area (Å²) in [5.74, 6) is 0.664. The molecule has 102 valence electrons. The van der Waals surface area contributed by atoms with Gasteiger partial charge in [-0.1, -0.05) is 30.3 Å². The van der Waals surface area contributed by atoms with Crippen LogP contribution in [0.15, 0.2) is 48.5 Å². The van der Waals surface area contributed by atoms with E-state index in [1.807, 2.05) is 25.1 Å². The third kappa shape index (κ3) is 5.94. The molecule has 2 N–H and O–H groups in total. The maximum absolute atomic E-state index is 9.36. The summed E-state index contributed by atoms with van der Waals surface area (Å²) in [5.41, 5.74) is 2.02. The van der Waals surface area contributed by atoms with Crippen molar-refractivity contribution < 1.29 is 10.2 Å². The topological polar surface area (TPSA) is 40.5 Å². The largest absolute Gasteiger partial charge is 0.508 e. The Morgan fingerprint density at radius 2 is 1.58 bits per heavy atom. The minimum atomic E-state index is 0.0329. The SMILES string of the molecule is Cc1c(O)cccc1CC(S)S.Oc1ccccc1. The van der Waals surface area contributed by atoms with E-state index in [0.29, 0.717) is 11.5 Å². The third-order valence-corrected chi connectivity index (χ3v) is 2.94. The Balaban J connectivity index is 0.000000218. The monoisotopic (exact) mass is 294 g/mol. The Morgan fingerprint density at radius 3 is 2.05 bits per heavy atom. The van der Waals surface area contributed by atoms with Crippen molar-refractivity contribution in [2.45, 2.75) is 17.9 Å². The van der Waals surface area contributed by atoms with Gasteiger partial charge in [-0.3, -0.25) is 0 Å². The number of hydrogen-bond donors (Lipinski definition) is 4. The minimum absolute atomic E-state index is 0.0329. The Labute approximate surface area is 124 Å². The van der Waals surface area contributed by atoms with Crippen LogP contribution in [0.2, 0.25) is 0 Å². The van der Waals surface area contributed by atoms with Crippen molar-refractivity contribution in [2.24, 2.45) is 0 Å². The molecule has 0 heterocycles. The van der Waals surface area contributed by atoms with Crippen molar-refractivity contribution in [3.8, 4) is 11.5 Å². The summed E-state index contributed by atoms with van der Waals surface area (Å²) in [4.78, 5) is 0. The van der Waals surface area contributed by atoms with Crippen LogP contribution in [0.5, 0.6) is 11.5 Å². The van der Waals surface area contributed by atoms with Gasteiger partial charge in [0.1, 0.15) is 11.5 Å². The van der Waals surface area contributed by atoms with Gasteiger partial charge in [0.15, 0.2) is 0 Å². The van der Waals surface area contributed by atoms with Crippen molar-refractivity contribution in [1.82, 2.24) is 0 Å². The summed E-state index contributed by atoms with van der Waals surface area (Å²) in [7, 11) is 0. The van der Waals surface area contributed by atoms with Crippen LogP contribution in [0.1, 0.15) is 11.1 Å². The van der Waals surface area contributed by atoms with Crippen molar-refractivity contribution in [3.05, 3.63) is 59.7 Å². The molecular weight excluding hydrogens is 276 g/mol. The van der Waals surface area contributed by atoms with Crippen LogP contribution >= 0.6 is 25.3 Å². The van der Waals surface area contributed by atoms with Gasteiger partial charge >= 0.3 is 0 Å². The van der Waals surface area contributed by atoms with Crippen LogP contribution in [-0.2, 0) is 6.42 Å². The summed E-state index contributed by atoms with van der Waals surface area (Å²) in [6, 6.07) is 14.2. The smallest absolute Gasteiger partial charge is 0.118 e. The molecule has 0 aromatic heterocycles. The Morgan fingerprint density at radius 1 is 0.947 bits per heavy atom. The van der Waals surface area contributed by atoms with E-state index in [1.54, 1.807) is 30.3 Å². The van der Waals surface area contributed by atoms with Gasteiger partial charge < -0.3 is 10.2 Å². The van der Waals surface area contributed by atoms with Gasteiger partial charge in [0.2, 0.25) is 0 Å². The first-order chi connectivity index (χ1) is 9.00. The second-order valence-electron chi connectivity index (χ2n) is 4.08. The molecule has 4 heteroatoms. The lowest BCUT2D eigenvalue weighted by atomic mass is 10.1. The molecule has 0 saturated carbocycles. The first-order valence-electron chi connectivity index (χ1n) is 5.88. The van der Waals surface area contributed by atoms with E-state index in [4.69, 9.17) is 5.11 Å². The maximum Gasteiger partial charge on any atom is 0.118 e. The van der Waals surface area contributed by atoms with Crippen LogP contribution in [0.3, 0.4) is 0 Å². The molecule has 0 spiro atoms. The summed E-state index contributed by atoms with van der Waals surface area (Å²) in [6.45, 7) is 1.90. The molecule has 2 aromatic rings. The predicted octanol–water partition coefficient (Wildman–Crippen LogP) is 3.82. The van der Waals surface area contributed by atoms with E-state index in [1.165, 1.54) is 0 Å². The molecule has 19 heavy (non-hydrogen) atoms. The van der Waals surface area contributed by atoms with Crippen LogP contribution in [0, 0.1) is 6.92 Å². The van der Waals surface area contributed by atoms with Gasteiger partial charge in [-0.25, -0.2) is 0 Å². The van der Waals surface area contributed by atoms with Crippen LogP contribution in [0.4, 0.5) is 0 Å². The highest BCUT2D eigenvalue weighted by atomic mass is 32.2. The Hall–Kier alpha value is -1.26. The Bertz CT molecular complexity index is 499. The van der Waals surface area contributed by atoms with Gasteiger partial charge in [0, 0.05) is 4.58 Å². The lowest BCUT2D eigenvalue weighted by Gasteiger charge is -2.08. The van der Waals surface area contributed by atoms with Crippen molar-refractivity contribution >= 4 is 25.3 Å². The maximum atomic E-state index is 9.36. The molecule has 0 radical (unpaired) electrons. The number of phenolic OH excluding ortho intramolecular Hbond substituents is 2. The molecule has 0 fully saturated rings. The molecular formula is C15H18O2S2. The van der Waals surface area contributed by atoms with E-state index < -0.39 is 0 Å². The molecule has 0 aliphatic heterocycles. The minimum Gasteiger partial charge on any atom is -0.508 e. The summed E-state index contributed by atoms with van der Waals surface area (Å²) in [5, 5.41) is 18.0. The molecule has 2 nitrogen and oxygen atoms in total. The van der Waals surface area contributed by atoms with E-state index in [9.17, 15) is 5.11 Å². The fourth-order valence-electron chi connectivity index (χ4n) is 1.52. The second kappa shape index (κ2) is 8.02. The van der Waals surface area contributed by atoms with Gasteiger partial charge in [0.05, 0.1) is 0 Å². The third-order valence-electron chi connectivity index (χ3n) is 2.58. The molecule has 0 bridgehead atoms. The quantitative estimate of drug-likeness (QED) is 0.502. The fraction of sp³-hybridized carbons (Fsp3) is 0.200. The molecule has 0 atom stereocenters. The van der Waals surface area contributed by atoms with Gasteiger partial charge in [0.25, 0.3) is 0 Å². The zero-order valence-electron chi connectivity index (χ0n) is 10.7. The number of hydrogen-bond acceptors (Lipinski definition) is 4. The van der Waals surface area contributed by atoms with Gasteiger partial charge in [-0.15, -0.1) is 0 Å². The van der Waals surface area contributed by atoms with Crippen LogP contribution in [0.25, 0.3) is 0 Å². The number of aromatic hydroxyl groups is 2. The molecule has 0 aliphatic carbocycles. The van der Waals surface area contributed by atoms with Crippen molar-refractivity contribution in [2.75, 3.05) is 0 Å². The highest BCUT2D eigenvalue weighted by Gasteiger charge is 2.04. The predicted molar refractivity (Wildman–Crippen MR) is 86.4 cm³/mol. The Kier molecular flexibility index (Phi) is 6.67. The van der Waals surface area contributed by atoms with E-state index in [0.717, 1.165) is 17.5 Å². The fourth-order valence-corrected chi connectivity index (χ4v) is 1.91. The summed E-state index contributed by atoms with van der Waals surface area (Å²) in [6.07, 6.45) is 0.770. The van der Waals surface area contributed by atoms with Gasteiger partial charge in [-0.2, -0.15) is 25.3 Å². The molecule has 0 aliphatic rings. The van der Waals surface area contributed by atoms with Crippen LogP contribution < -0.4 is 0 Å². The highest BCUT2D eigenvalue weighted by molar-refractivity contribution is 7.99. The van der Waals surface area contributed by atoms with E-state index in [-0.39, 0.29) is 4.58 Å². The molecule has 2 rings (SSSR count). The first kappa shape index (κ1) is 15.8. The number of thiol groups is 2. The number of para-hydroxylation sites is 1. The summed E-state index contributed by atoms with van der Waals surface area (Å²) < 4.78 is 0.0329. The number of rotatable bonds is 2. The lowest BCUT2D eigenvalue weighted by molar-refractivity contribution is 0.470. The normalized spacial score (nSPS) is 9.89. The average Bonchev–Trinajstić information content (AvgIpc) is 2.36. The molecule has 0 amide bonds. The molecule has 0 unspecified atom stereocenters. The number of benzene rings is 2. The van der Waals surface area contributed by atoms with Crippen molar-refractivity contribution in [1.29, 1.82) is 0 Å². The molecule has 0 saturated heterocycles. The highest BCUT2D eigenvalue weighted by Crippen LogP contribution is 2.22. The van der Waals surface area contributed by atoms with E-state index >= 15 is 0 Å². The summed E-state index contributed by atoms with van der Waals surface area (Å²) >= 11 is 8.35. The zero-order chi connectivity index (χ0) is 14.3. The lowest BCUT2D eigenvalue weighted by Crippen LogP contribution is -1.96. The molecule has 2 aromatic carbocycles. The zero-order valence-corrected chi connectivity index (χ0v) is 12.5. The van der Waals surface area contributed by atoms with Gasteiger partial charge in [-0.05, 0) is 42.7 Å². The number of phenols is 2. The second-order valence-corrected chi connectivity index (χ2v) is 5.74. The standard InChI is InChI=1S/C9H12OS2.C6H6O/c1-6-7(5-9(11)12)3-2-4-8(6)10;7-6-4-2-1-3-5-6/h2-4,9-12H,5H2,1H3;1-5,7H. The average molecular weight is 294 g/mol. The van der Waals surface area contributed by atoms with Crippen molar-refractivity contribution in [3.63, 3.8) is 0 Å².